The summed E-state index contributed by atoms with van der Waals surface area (Å²) in [5, 5.41) is 0. The van der Waals surface area contributed by atoms with Crippen LogP contribution in [-0.4, -0.2) is 6.43 Å². The molecule has 0 aliphatic rings. The molecule has 1 aromatic rings. The van der Waals surface area contributed by atoms with E-state index in [4.69, 9.17) is 10.2 Å². The lowest BCUT2D eigenvalue weighted by Gasteiger charge is -2.05. The van der Waals surface area contributed by atoms with Crippen LogP contribution in [0.5, 0.6) is 0 Å². The van der Waals surface area contributed by atoms with Crippen molar-refractivity contribution < 1.29 is 13.2 Å². The van der Waals surface area contributed by atoms with Gasteiger partial charge in [0.15, 0.2) is 0 Å². The summed E-state index contributed by atoms with van der Waals surface area (Å²) in [6.45, 7) is 1.89. The summed E-state index contributed by atoms with van der Waals surface area (Å²) >= 11 is 0. The van der Waals surface area contributed by atoms with E-state index in [1.807, 2.05) is 6.92 Å². The minimum absolute atomic E-state index is 0.154. The standard InChI is InChI=1S/C8H11F2NO/c1-2-5-3-4-6(12-5)7(11)8(9)10/h3-4,7-8H,2,11H2,1H3/t7-/m1/s1. The van der Waals surface area contributed by atoms with Gasteiger partial charge in [0.25, 0.3) is 6.43 Å². The highest BCUT2D eigenvalue weighted by atomic mass is 19.3. The Morgan fingerprint density at radius 1 is 1.50 bits per heavy atom. The first kappa shape index (κ1) is 9.19. The van der Waals surface area contributed by atoms with E-state index in [2.05, 4.69) is 0 Å². The molecule has 0 radical (unpaired) electrons. The maximum atomic E-state index is 12.0. The fraction of sp³-hybridized carbons (Fsp3) is 0.500. The SMILES string of the molecule is CCc1ccc([C@@H](N)C(F)F)o1. The molecular formula is C8H11F2NO. The Morgan fingerprint density at radius 2 is 2.17 bits per heavy atom. The van der Waals surface area contributed by atoms with E-state index in [9.17, 15) is 8.78 Å². The van der Waals surface area contributed by atoms with E-state index >= 15 is 0 Å². The summed E-state index contributed by atoms with van der Waals surface area (Å²) in [5.74, 6) is 0.836. The highest BCUT2D eigenvalue weighted by Crippen LogP contribution is 2.20. The molecule has 0 aromatic carbocycles. The Labute approximate surface area is 69.4 Å². The molecule has 1 aromatic heterocycles. The summed E-state index contributed by atoms with van der Waals surface area (Å²) in [5.41, 5.74) is 5.16. The molecule has 0 unspecified atom stereocenters. The van der Waals surface area contributed by atoms with Crippen molar-refractivity contribution in [3.05, 3.63) is 23.7 Å². The van der Waals surface area contributed by atoms with Gasteiger partial charge in [-0.2, -0.15) is 0 Å². The molecule has 2 nitrogen and oxygen atoms in total. The number of hydrogen-bond acceptors (Lipinski definition) is 2. The zero-order chi connectivity index (χ0) is 9.14. The fourth-order valence-corrected chi connectivity index (χ4v) is 0.888. The normalized spacial score (nSPS) is 13.8. The van der Waals surface area contributed by atoms with Crippen molar-refractivity contribution in [3.8, 4) is 0 Å². The van der Waals surface area contributed by atoms with Crippen LogP contribution in [-0.2, 0) is 6.42 Å². The molecule has 1 heterocycles. The van der Waals surface area contributed by atoms with Crippen molar-refractivity contribution in [3.63, 3.8) is 0 Å². The first-order valence-corrected chi connectivity index (χ1v) is 3.77. The first-order chi connectivity index (χ1) is 5.65. The molecule has 0 amide bonds. The largest absolute Gasteiger partial charge is 0.464 e. The van der Waals surface area contributed by atoms with Crippen LogP contribution in [0.15, 0.2) is 16.5 Å². The van der Waals surface area contributed by atoms with Crippen LogP contribution in [0.2, 0.25) is 0 Å². The van der Waals surface area contributed by atoms with E-state index in [0.717, 1.165) is 0 Å². The van der Waals surface area contributed by atoms with Gasteiger partial charge in [-0.1, -0.05) is 6.92 Å². The topological polar surface area (TPSA) is 39.2 Å². The predicted octanol–water partition coefficient (Wildman–Crippen LogP) is 2.11. The van der Waals surface area contributed by atoms with Crippen LogP contribution in [0, 0.1) is 0 Å². The molecule has 1 atom stereocenters. The molecule has 2 N–H and O–H groups in total. The van der Waals surface area contributed by atoms with Gasteiger partial charge in [0.2, 0.25) is 0 Å². The van der Waals surface area contributed by atoms with E-state index in [-0.39, 0.29) is 5.76 Å². The number of rotatable bonds is 3. The van der Waals surface area contributed by atoms with Gasteiger partial charge in [0, 0.05) is 6.42 Å². The third-order valence-electron chi connectivity index (χ3n) is 1.63. The maximum Gasteiger partial charge on any atom is 0.260 e. The van der Waals surface area contributed by atoms with E-state index in [1.165, 1.54) is 6.07 Å². The number of halogens is 2. The Morgan fingerprint density at radius 3 is 2.58 bits per heavy atom. The van der Waals surface area contributed by atoms with E-state index in [0.29, 0.717) is 12.2 Å². The molecule has 4 heteroatoms. The molecule has 0 aliphatic heterocycles. The van der Waals surface area contributed by atoms with Gasteiger partial charge in [-0.05, 0) is 12.1 Å². The third kappa shape index (κ3) is 1.82. The number of aryl methyl sites for hydroxylation is 1. The molecule has 0 spiro atoms. The number of furan rings is 1. The van der Waals surface area contributed by atoms with Crippen molar-refractivity contribution in [2.45, 2.75) is 25.8 Å². The van der Waals surface area contributed by atoms with Gasteiger partial charge in [-0.25, -0.2) is 8.78 Å². The lowest BCUT2D eigenvalue weighted by molar-refractivity contribution is 0.106. The maximum absolute atomic E-state index is 12.0. The van der Waals surface area contributed by atoms with Crippen molar-refractivity contribution in [1.82, 2.24) is 0 Å². The third-order valence-corrected chi connectivity index (χ3v) is 1.63. The van der Waals surface area contributed by atoms with Gasteiger partial charge in [0.05, 0.1) is 0 Å². The fourth-order valence-electron chi connectivity index (χ4n) is 0.888. The smallest absolute Gasteiger partial charge is 0.260 e. The van der Waals surface area contributed by atoms with Gasteiger partial charge in [0.1, 0.15) is 17.6 Å². The van der Waals surface area contributed by atoms with Gasteiger partial charge in [-0.15, -0.1) is 0 Å². The minimum Gasteiger partial charge on any atom is -0.464 e. The molecular weight excluding hydrogens is 164 g/mol. The average molecular weight is 175 g/mol. The minimum atomic E-state index is -2.57. The molecule has 68 valence electrons. The zero-order valence-electron chi connectivity index (χ0n) is 6.76. The van der Waals surface area contributed by atoms with Crippen molar-refractivity contribution in [1.29, 1.82) is 0 Å². The molecule has 1 rings (SSSR count). The van der Waals surface area contributed by atoms with Crippen LogP contribution >= 0.6 is 0 Å². The van der Waals surface area contributed by atoms with Crippen molar-refractivity contribution in [2.24, 2.45) is 5.73 Å². The lowest BCUT2D eigenvalue weighted by Crippen LogP contribution is -2.17. The van der Waals surface area contributed by atoms with Crippen molar-refractivity contribution >= 4 is 0 Å². The zero-order valence-corrected chi connectivity index (χ0v) is 6.76. The predicted molar refractivity (Wildman–Crippen MR) is 41.0 cm³/mol. The molecule has 12 heavy (non-hydrogen) atoms. The molecule has 0 saturated carbocycles. The summed E-state index contributed by atoms with van der Waals surface area (Å²) in [6.07, 6.45) is -1.88. The van der Waals surface area contributed by atoms with Crippen LogP contribution in [0.1, 0.15) is 24.5 Å². The van der Waals surface area contributed by atoms with Gasteiger partial charge >= 0.3 is 0 Å². The summed E-state index contributed by atoms with van der Waals surface area (Å²) < 4.78 is 29.1. The summed E-state index contributed by atoms with van der Waals surface area (Å²) in [4.78, 5) is 0. The van der Waals surface area contributed by atoms with Crippen LogP contribution in [0.3, 0.4) is 0 Å². The Balaban J connectivity index is 2.74. The average Bonchev–Trinajstić information content (AvgIpc) is 2.50. The number of nitrogens with two attached hydrogens (primary N) is 1. The Kier molecular flexibility index (Phi) is 2.81. The highest BCUT2D eigenvalue weighted by molar-refractivity contribution is 5.10. The van der Waals surface area contributed by atoms with Crippen LogP contribution < -0.4 is 5.73 Å². The monoisotopic (exact) mass is 175 g/mol. The molecule has 0 fully saturated rings. The Bertz CT molecular complexity index is 247. The highest BCUT2D eigenvalue weighted by Gasteiger charge is 2.20. The first-order valence-electron chi connectivity index (χ1n) is 3.77. The second kappa shape index (κ2) is 3.67. The van der Waals surface area contributed by atoms with E-state index < -0.39 is 12.5 Å². The molecule has 0 bridgehead atoms. The molecule has 0 aliphatic carbocycles. The van der Waals surface area contributed by atoms with Gasteiger partial charge in [-0.3, -0.25) is 0 Å². The van der Waals surface area contributed by atoms with Gasteiger partial charge < -0.3 is 10.2 Å². The van der Waals surface area contributed by atoms with Crippen LogP contribution in [0.4, 0.5) is 8.78 Å². The van der Waals surface area contributed by atoms with Crippen LogP contribution in [0.25, 0.3) is 0 Å². The lowest BCUT2D eigenvalue weighted by atomic mass is 10.2. The Hall–Kier alpha value is -0.900. The van der Waals surface area contributed by atoms with E-state index in [1.54, 1.807) is 6.07 Å². The molecule has 0 saturated heterocycles. The number of hydrogen-bond donors (Lipinski definition) is 1. The second-order valence-corrected chi connectivity index (χ2v) is 2.52. The summed E-state index contributed by atoms with van der Waals surface area (Å²) in [6, 6.07) is 1.86. The quantitative estimate of drug-likeness (QED) is 0.764. The van der Waals surface area contributed by atoms with Crippen molar-refractivity contribution in [2.75, 3.05) is 0 Å². The second-order valence-electron chi connectivity index (χ2n) is 2.52. The summed E-state index contributed by atoms with van der Waals surface area (Å²) in [7, 11) is 0. The number of alkyl halides is 2.